The maximum atomic E-state index is 12.6. The molecule has 112 valence electrons. The minimum atomic E-state index is -0.258. The average Bonchev–Trinajstić information content (AvgIpc) is 2.98. The first-order chi connectivity index (χ1) is 9.98. The number of fused-ring (bicyclic) bond motifs is 1. The molecule has 2 aliphatic rings. The fourth-order valence-corrected chi connectivity index (χ4v) is 3.22. The Balaban J connectivity index is 1.83. The number of ketones is 1. The van der Waals surface area contributed by atoms with Crippen LogP contribution in [0, 0.1) is 5.41 Å². The highest BCUT2D eigenvalue weighted by atomic mass is 16.7. The van der Waals surface area contributed by atoms with E-state index in [4.69, 9.17) is 9.47 Å². The third-order valence-electron chi connectivity index (χ3n) is 4.19. The molecule has 1 aromatic carbocycles. The smallest absolute Gasteiger partial charge is 0.231 e. The van der Waals surface area contributed by atoms with Crippen LogP contribution in [0.1, 0.15) is 25.3 Å². The van der Waals surface area contributed by atoms with Crippen molar-refractivity contribution in [2.75, 3.05) is 27.4 Å². The molecule has 0 radical (unpaired) electrons. The van der Waals surface area contributed by atoms with E-state index < -0.39 is 0 Å². The van der Waals surface area contributed by atoms with Crippen LogP contribution >= 0.6 is 0 Å². The normalized spacial score (nSPS) is 26.1. The van der Waals surface area contributed by atoms with Gasteiger partial charge in [-0.15, -0.1) is 0 Å². The van der Waals surface area contributed by atoms with E-state index in [-0.39, 0.29) is 18.0 Å². The highest BCUT2D eigenvalue weighted by Gasteiger charge is 2.40. The topological polar surface area (TPSA) is 38.8 Å². The first-order valence-corrected chi connectivity index (χ1v) is 7.28. The molecule has 0 amide bonds. The largest absolute Gasteiger partial charge is 0.454 e. The Kier molecular flexibility index (Phi) is 3.49. The molecule has 0 saturated heterocycles. The summed E-state index contributed by atoms with van der Waals surface area (Å²) in [6.07, 6.45) is 3.75. The summed E-state index contributed by atoms with van der Waals surface area (Å²) in [5.74, 6) is 1.80. The van der Waals surface area contributed by atoms with Crippen LogP contribution in [0.15, 0.2) is 23.8 Å². The fraction of sp³-hybridized carbons (Fsp3) is 0.471. The minimum Gasteiger partial charge on any atom is -0.454 e. The van der Waals surface area contributed by atoms with Gasteiger partial charge >= 0.3 is 0 Å². The molecule has 3 rings (SSSR count). The van der Waals surface area contributed by atoms with Gasteiger partial charge in [0.25, 0.3) is 0 Å². The Bertz CT molecular complexity index is 606. The van der Waals surface area contributed by atoms with Crippen molar-refractivity contribution in [2.45, 2.75) is 19.8 Å². The number of hydrogen-bond donors (Lipinski definition) is 0. The molecule has 1 atom stereocenters. The molecule has 0 aromatic heterocycles. The van der Waals surface area contributed by atoms with Gasteiger partial charge in [-0.05, 0) is 56.3 Å². The van der Waals surface area contributed by atoms with Gasteiger partial charge in [-0.3, -0.25) is 4.79 Å². The van der Waals surface area contributed by atoms with Crippen molar-refractivity contribution in [1.29, 1.82) is 0 Å². The summed E-state index contributed by atoms with van der Waals surface area (Å²) < 4.78 is 10.7. The predicted octanol–water partition coefficient (Wildman–Crippen LogP) is 2.73. The Morgan fingerprint density at radius 1 is 1.29 bits per heavy atom. The van der Waals surface area contributed by atoms with E-state index in [1.165, 1.54) is 0 Å². The van der Waals surface area contributed by atoms with Crippen LogP contribution in [0.4, 0.5) is 0 Å². The molecule has 4 nitrogen and oxygen atoms in total. The number of benzene rings is 1. The zero-order valence-electron chi connectivity index (χ0n) is 12.8. The second-order valence-corrected chi connectivity index (χ2v) is 6.41. The van der Waals surface area contributed by atoms with Gasteiger partial charge in [-0.25, -0.2) is 0 Å². The van der Waals surface area contributed by atoms with E-state index in [2.05, 4.69) is 11.8 Å². The molecule has 1 unspecified atom stereocenters. The van der Waals surface area contributed by atoms with Crippen molar-refractivity contribution in [3.05, 3.63) is 29.3 Å². The van der Waals surface area contributed by atoms with Crippen molar-refractivity contribution < 1.29 is 14.3 Å². The van der Waals surface area contributed by atoms with Crippen LogP contribution in [-0.4, -0.2) is 38.1 Å². The number of hydrogen-bond acceptors (Lipinski definition) is 4. The maximum Gasteiger partial charge on any atom is 0.231 e. The Morgan fingerprint density at radius 2 is 2.05 bits per heavy atom. The summed E-state index contributed by atoms with van der Waals surface area (Å²) in [6.45, 7) is 3.13. The highest BCUT2D eigenvalue weighted by molar-refractivity contribution is 6.05. The summed E-state index contributed by atoms with van der Waals surface area (Å²) in [4.78, 5) is 14.7. The molecule has 0 bridgehead atoms. The molecule has 21 heavy (non-hydrogen) atoms. The predicted molar refractivity (Wildman–Crippen MR) is 81.4 cm³/mol. The molecular weight excluding hydrogens is 266 g/mol. The van der Waals surface area contributed by atoms with Crippen molar-refractivity contribution in [2.24, 2.45) is 5.41 Å². The molecule has 1 aliphatic heterocycles. The number of carbonyl (C=O) groups excluding carboxylic acids is 1. The highest BCUT2D eigenvalue weighted by Crippen LogP contribution is 2.40. The Hall–Kier alpha value is -1.81. The lowest BCUT2D eigenvalue weighted by atomic mass is 9.86. The number of rotatable bonds is 3. The molecule has 1 aliphatic carbocycles. The van der Waals surface area contributed by atoms with Crippen molar-refractivity contribution in [3.8, 4) is 11.5 Å². The van der Waals surface area contributed by atoms with E-state index in [0.717, 1.165) is 42.0 Å². The molecular formula is C17H21NO3. The SMILES string of the molecule is CN(C)CC1(C)CC/C(=C\c2ccc3c(c2)OCO3)C1=O. The number of carbonyl (C=O) groups is 1. The van der Waals surface area contributed by atoms with Gasteiger partial charge in [0.1, 0.15) is 0 Å². The lowest BCUT2D eigenvalue weighted by molar-refractivity contribution is -0.122. The van der Waals surface area contributed by atoms with Crippen molar-refractivity contribution >= 4 is 11.9 Å². The first kappa shape index (κ1) is 14.1. The number of ether oxygens (including phenoxy) is 2. The zero-order chi connectivity index (χ0) is 15.0. The third kappa shape index (κ3) is 2.68. The van der Waals surface area contributed by atoms with E-state index in [1.807, 2.05) is 38.4 Å². The monoisotopic (exact) mass is 287 g/mol. The lowest BCUT2D eigenvalue weighted by Crippen LogP contribution is -2.34. The van der Waals surface area contributed by atoms with E-state index in [9.17, 15) is 4.79 Å². The standard InChI is InChI=1S/C17H21NO3/c1-17(10-18(2)3)7-6-13(16(17)19)8-12-4-5-14-15(9-12)21-11-20-14/h4-5,8-9H,6-7,10-11H2,1-3H3/b13-8+. The van der Waals surface area contributed by atoms with Gasteiger partial charge in [-0.2, -0.15) is 0 Å². The van der Waals surface area contributed by atoms with Crippen molar-refractivity contribution in [3.63, 3.8) is 0 Å². The lowest BCUT2D eigenvalue weighted by Gasteiger charge is -2.25. The molecule has 4 heteroatoms. The Morgan fingerprint density at radius 3 is 2.81 bits per heavy atom. The average molecular weight is 287 g/mol. The van der Waals surface area contributed by atoms with Crippen LogP contribution in [0.5, 0.6) is 11.5 Å². The summed E-state index contributed by atoms with van der Waals surface area (Å²) >= 11 is 0. The second-order valence-electron chi connectivity index (χ2n) is 6.41. The molecule has 0 N–H and O–H groups in total. The van der Waals surface area contributed by atoms with Gasteiger partial charge in [0, 0.05) is 12.0 Å². The van der Waals surface area contributed by atoms with E-state index >= 15 is 0 Å². The molecule has 1 heterocycles. The Labute approximate surface area is 125 Å². The van der Waals surface area contributed by atoms with E-state index in [1.54, 1.807) is 0 Å². The summed E-state index contributed by atoms with van der Waals surface area (Å²) in [6, 6.07) is 5.80. The number of allylic oxidation sites excluding steroid dienone is 1. The maximum absolute atomic E-state index is 12.6. The van der Waals surface area contributed by atoms with Gasteiger partial charge in [0.2, 0.25) is 6.79 Å². The van der Waals surface area contributed by atoms with Crippen LogP contribution in [0.2, 0.25) is 0 Å². The summed E-state index contributed by atoms with van der Waals surface area (Å²) in [5.41, 5.74) is 1.65. The summed E-state index contributed by atoms with van der Waals surface area (Å²) in [5, 5.41) is 0. The fourth-order valence-electron chi connectivity index (χ4n) is 3.22. The third-order valence-corrected chi connectivity index (χ3v) is 4.19. The number of Topliss-reactive ketones (excluding diaryl/α,β-unsaturated/α-hetero) is 1. The zero-order valence-corrected chi connectivity index (χ0v) is 12.8. The van der Waals surface area contributed by atoms with Crippen molar-refractivity contribution in [1.82, 2.24) is 4.90 Å². The van der Waals surface area contributed by atoms with Crippen LogP contribution < -0.4 is 9.47 Å². The molecule has 1 aromatic rings. The molecule has 1 saturated carbocycles. The van der Waals surface area contributed by atoms with Gasteiger partial charge in [0.15, 0.2) is 17.3 Å². The second kappa shape index (κ2) is 5.19. The first-order valence-electron chi connectivity index (χ1n) is 7.28. The molecule has 0 spiro atoms. The van der Waals surface area contributed by atoms with Crippen LogP contribution in [0.3, 0.4) is 0 Å². The minimum absolute atomic E-state index is 0.258. The molecule has 1 fully saturated rings. The van der Waals surface area contributed by atoms with E-state index in [0.29, 0.717) is 0 Å². The quantitative estimate of drug-likeness (QED) is 0.801. The van der Waals surface area contributed by atoms with Gasteiger partial charge < -0.3 is 14.4 Å². The van der Waals surface area contributed by atoms with Crippen LogP contribution in [-0.2, 0) is 4.79 Å². The van der Waals surface area contributed by atoms with Crippen LogP contribution in [0.25, 0.3) is 6.08 Å². The van der Waals surface area contributed by atoms with Gasteiger partial charge in [0.05, 0.1) is 0 Å². The van der Waals surface area contributed by atoms with Gasteiger partial charge in [-0.1, -0.05) is 13.0 Å². The number of nitrogens with zero attached hydrogens (tertiary/aromatic N) is 1. The summed E-state index contributed by atoms with van der Waals surface area (Å²) in [7, 11) is 4.02.